The Morgan fingerprint density at radius 2 is 1.67 bits per heavy atom. The number of hydrogen-bond acceptors (Lipinski definition) is 5. The van der Waals surface area contributed by atoms with Crippen LogP contribution in [-0.4, -0.2) is 56.1 Å². The minimum absolute atomic E-state index is 0.0769. The van der Waals surface area contributed by atoms with Gasteiger partial charge in [-0.3, -0.25) is 14.6 Å². The molecule has 2 heterocycles. The molecule has 2 saturated heterocycles. The first-order valence-corrected chi connectivity index (χ1v) is 12.1. The van der Waals surface area contributed by atoms with Crippen molar-refractivity contribution in [1.82, 2.24) is 4.90 Å². The van der Waals surface area contributed by atoms with Gasteiger partial charge >= 0.3 is 0 Å². The lowest BCUT2D eigenvalue weighted by Gasteiger charge is -2.42. The van der Waals surface area contributed by atoms with Gasteiger partial charge in [0.1, 0.15) is 11.6 Å². The Kier molecular flexibility index (Phi) is 6.41. The molecule has 2 aromatic rings. The van der Waals surface area contributed by atoms with Crippen molar-refractivity contribution < 1.29 is 14.3 Å². The van der Waals surface area contributed by atoms with Crippen LogP contribution in [0, 0.1) is 5.41 Å². The Balaban J connectivity index is 1.66. The maximum atomic E-state index is 14.3. The molecule has 1 aliphatic carbocycles. The second-order valence-corrected chi connectivity index (χ2v) is 9.49. The average Bonchev–Trinajstić information content (AvgIpc) is 3.08. The van der Waals surface area contributed by atoms with Crippen LogP contribution in [0.25, 0.3) is 0 Å². The van der Waals surface area contributed by atoms with Crippen molar-refractivity contribution >= 4 is 34.7 Å². The molecule has 1 spiro atoms. The fourth-order valence-corrected chi connectivity index (χ4v) is 5.70. The number of methoxy groups -OCH3 is 1. The minimum atomic E-state index is -0.458. The number of morpholine rings is 1. The van der Waals surface area contributed by atoms with Crippen molar-refractivity contribution in [1.29, 1.82) is 0 Å². The molecule has 2 aliphatic heterocycles. The van der Waals surface area contributed by atoms with Gasteiger partial charge in [-0.05, 0) is 61.4 Å². The van der Waals surface area contributed by atoms with Crippen LogP contribution in [0.15, 0.2) is 53.5 Å². The van der Waals surface area contributed by atoms with E-state index in [2.05, 4.69) is 4.90 Å². The lowest BCUT2D eigenvalue weighted by molar-refractivity contribution is -0.130. The summed E-state index contributed by atoms with van der Waals surface area (Å²) in [7, 11) is 1.65. The third kappa shape index (κ3) is 4.16. The lowest BCUT2D eigenvalue weighted by atomic mass is 9.69. The van der Waals surface area contributed by atoms with E-state index in [1.807, 2.05) is 53.4 Å². The van der Waals surface area contributed by atoms with Crippen molar-refractivity contribution in [3.63, 3.8) is 0 Å². The molecular weight excluding hydrogens is 438 g/mol. The Bertz CT molecular complexity index is 1010. The summed E-state index contributed by atoms with van der Waals surface area (Å²) in [6, 6.07) is 15.1. The first-order valence-electron chi connectivity index (χ1n) is 11.8. The van der Waals surface area contributed by atoms with E-state index in [0.717, 1.165) is 61.7 Å². The molecule has 1 atom stereocenters. The maximum absolute atomic E-state index is 14.3. The summed E-state index contributed by atoms with van der Waals surface area (Å²) in [4.78, 5) is 23.7. The highest BCUT2D eigenvalue weighted by molar-refractivity contribution is 6.31. The summed E-state index contributed by atoms with van der Waals surface area (Å²) < 4.78 is 11.0. The van der Waals surface area contributed by atoms with Crippen molar-refractivity contribution in [2.45, 2.75) is 38.1 Å². The second kappa shape index (κ2) is 9.45. The summed E-state index contributed by atoms with van der Waals surface area (Å²) >= 11 is 6.17. The van der Waals surface area contributed by atoms with E-state index in [1.54, 1.807) is 7.11 Å². The zero-order chi connectivity index (χ0) is 22.8. The molecule has 6 nitrogen and oxygen atoms in total. The number of amides is 1. The zero-order valence-corrected chi connectivity index (χ0v) is 19.8. The second-order valence-electron chi connectivity index (χ2n) is 9.05. The topological polar surface area (TPSA) is 54.4 Å². The number of hydrogen-bond donors (Lipinski definition) is 0. The van der Waals surface area contributed by atoms with Crippen LogP contribution in [0.4, 0.5) is 11.4 Å². The predicted molar refractivity (Wildman–Crippen MR) is 131 cm³/mol. The number of carbonyl (C=O) groups excluding carboxylic acids is 1. The summed E-state index contributed by atoms with van der Waals surface area (Å²) in [6.07, 6.45) is 5.09. The monoisotopic (exact) mass is 467 g/mol. The smallest absolute Gasteiger partial charge is 0.240 e. The number of carbonyl (C=O) groups is 1. The Labute approximate surface area is 200 Å². The Morgan fingerprint density at radius 3 is 2.30 bits per heavy atom. The molecule has 2 aromatic carbocycles. The number of nitrogens with zero attached hydrogens (tertiary/aromatic N) is 3. The highest BCUT2D eigenvalue weighted by atomic mass is 35.5. The molecule has 1 unspecified atom stereocenters. The zero-order valence-electron chi connectivity index (χ0n) is 19.0. The minimum Gasteiger partial charge on any atom is -0.497 e. The SMILES string of the molecule is COc1ccc(N=C2C(N3CCOCC3)C3(CCCCC3)C(=O)N2c2ccc(Cl)cc2)cc1. The molecule has 3 fully saturated rings. The van der Waals surface area contributed by atoms with Gasteiger partial charge in [-0.1, -0.05) is 30.9 Å². The molecule has 3 aliphatic rings. The maximum Gasteiger partial charge on any atom is 0.240 e. The fourth-order valence-electron chi connectivity index (χ4n) is 5.57. The van der Waals surface area contributed by atoms with Crippen LogP contribution >= 0.6 is 11.6 Å². The van der Waals surface area contributed by atoms with Crippen LogP contribution in [0.1, 0.15) is 32.1 Å². The van der Waals surface area contributed by atoms with Gasteiger partial charge in [-0.15, -0.1) is 0 Å². The van der Waals surface area contributed by atoms with Gasteiger partial charge in [0.25, 0.3) is 0 Å². The van der Waals surface area contributed by atoms with Gasteiger partial charge in [0, 0.05) is 18.1 Å². The van der Waals surface area contributed by atoms with Crippen molar-refractivity contribution in [3.8, 4) is 5.75 Å². The summed E-state index contributed by atoms with van der Waals surface area (Å²) in [5.41, 5.74) is 1.17. The van der Waals surface area contributed by atoms with E-state index in [9.17, 15) is 4.79 Å². The van der Waals surface area contributed by atoms with E-state index in [0.29, 0.717) is 18.2 Å². The average molecular weight is 468 g/mol. The Morgan fingerprint density at radius 1 is 1.00 bits per heavy atom. The third-order valence-corrected chi connectivity index (χ3v) is 7.44. The van der Waals surface area contributed by atoms with E-state index >= 15 is 0 Å². The summed E-state index contributed by atoms with van der Waals surface area (Å²) in [5, 5.41) is 0.649. The highest BCUT2D eigenvalue weighted by Crippen LogP contribution is 2.49. The molecule has 174 valence electrons. The van der Waals surface area contributed by atoms with Gasteiger partial charge in [0.05, 0.1) is 43.2 Å². The highest BCUT2D eigenvalue weighted by Gasteiger charge is 2.60. The van der Waals surface area contributed by atoms with Crippen molar-refractivity contribution in [2.24, 2.45) is 10.4 Å². The molecule has 0 aromatic heterocycles. The van der Waals surface area contributed by atoms with E-state index in [4.69, 9.17) is 26.1 Å². The standard InChI is InChI=1S/C26H30ClN3O3/c1-32-22-11-7-20(8-12-22)28-24-23(29-15-17-33-18-16-29)26(13-3-2-4-14-26)25(31)30(24)21-9-5-19(27)6-10-21/h5-12,23H,2-4,13-18H2,1H3. The molecule has 7 heteroatoms. The van der Waals surface area contributed by atoms with Crippen LogP contribution in [-0.2, 0) is 9.53 Å². The van der Waals surface area contributed by atoms with Gasteiger partial charge in [-0.2, -0.15) is 0 Å². The number of rotatable bonds is 4. The normalized spacial score (nSPS) is 24.5. The molecule has 0 radical (unpaired) electrons. The molecule has 1 amide bonds. The first-order chi connectivity index (χ1) is 16.1. The van der Waals surface area contributed by atoms with Gasteiger partial charge in [-0.25, -0.2) is 4.99 Å². The largest absolute Gasteiger partial charge is 0.497 e. The Hall–Kier alpha value is -2.41. The lowest BCUT2D eigenvalue weighted by Crippen LogP contribution is -2.54. The molecule has 0 N–H and O–H groups in total. The number of amidine groups is 1. The first kappa shape index (κ1) is 22.4. The van der Waals surface area contributed by atoms with Crippen LogP contribution < -0.4 is 9.64 Å². The van der Waals surface area contributed by atoms with Gasteiger partial charge < -0.3 is 9.47 Å². The number of ether oxygens (including phenoxy) is 2. The van der Waals surface area contributed by atoms with E-state index < -0.39 is 5.41 Å². The molecular formula is C26H30ClN3O3. The fraction of sp³-hybridized carbons (Fsp3) is 0.462. The number of halogens is 1. The molecule has 1 saturated carbocycles. The third-order valence-electron chi connectivity index (χ3n) is 7.18. The van der Waals surface area contributed by atoms with E-state index in [-0.39, 0.29) is 11.9 Å². The van der Waals surface area contributed by atoms with Crippen molar-refractivity contribution in [3.05, 3.63) is 53.6 Å². The molecule has 0 bridgehead atoms. The van der Waals surface area contributed by atoms with Gasteiger partial charge in [0.2, 0.25) is 5.91 Å². The quantitative estimate of drug-likeness (QED) is 0.629. The summed E-state index contributed by atoms with van der Waals surface area (Å²) in [5.74, 6) is 1.74. The summed E-state index contributed by atoms with van der Waals surface area (Å²) in [6.45, 7) is 2.96. The molecule has 5 rings (SSSR count). The van der Waals surface area contributed by atoms with Crippen molar-refractivity contribution in [2.75, 3.05) is 38.3 Å². The van der Waals surface area contributed by atoms with Gasteiger partial charge in [0.15, 0.2) is 0 Å². The van der Waals surface area contributed by atoms with Crippen LogP contribution in [0.2, 0.25) is 5.02 Å². The number of aliphatic imine (C=N–C) groups is 1. The predicted octanol–water partition coefficient (Wildman–Crippen LogP) is 5.08. The van der Waals surface area contributed by atoms with E-state index in [1.165, 1.54) is 6.42 Å². The van der Waals surface area contributed by atoms with Crippen LogP contribution in [0.5, 0.6) is 5.75 Å². The number of benzene rings is 2. The van der Waals surface area contributed by atoms with Crippen LogP contribution in [0.3, 0.4) is 0 Å². The molecule has 33 heavy (non-hydrogen) atoms. The number of anilines is 1.